The van der Waals surface area contributed by atoms with Crippen molar-refractivity contribution in [3.63, 3.8) is 0 Å². The van der Waals surface area contributed by atoms with Gasteiger partial charge in [0.25, 0.3) is 0 Å². The number of benzene rings is 3. The van der Waals surface area contributed by atoms with Crippen LogP contribution in [0.2, 0.25) is 0 Å². The van der Waals surface area contributed by atoms with Crippen LogP contribution in [-0.2, 0) is 20.8 Å². The third-order valence-corrected chi connectivity index (χ3v) is 7.03. The quantitative estimate of drug-likeness (QED) is 0.414. The Balaban J connectivity index is 1.79. The Kier molecular flexibility index (Phi) is 9.92. The number of fused-ring (bicyclic) bond motifs is 10. The van der Waals surface area contributed by atoms with Crippen LogP contribution in [0.15, 0.2) is 91.1 Å². The molecule has 0 spiro atoms. The standard InChI is InChI=1S/C33H38N4O4/c1-22(2)29(37(3)4)33(40)36-28-30(25-13-9-6-10-14-25)41-26-17-15-23(16-18-26)19-20-34-31(38)27(35-32(28)39)21-24-11-7-5-8-12-24/h5-20,22,27-30H,21H2,1-4H3,(H,34,38)(H,35,39)(H,36,40). The number of ether oxygens (including phenoxy) is 1. The van der Waals surface area contributed by atoms with Crippen molar-refractivity contribution in [1.82, 2.24) is 20.9 Å². The average Bonchev–Trinajstić information content (AvgIpc) is 2.95. The van der Waals surface area contributed by atoms with Gasteiger partial charge in [0.1, 0.15) is 17.8 Å². The summed E-state index contributed by atoms with van der Waals surface area (Å²) >= 11 is 0. The van der Waals surface area contributed by atoms with Crippen molar-refractivity contribution in [3.05, 3.63) is 108 Å². The van der Waals surface area contributed by atoms with E-state index in [4.69, 9.17) is 4.74 Å². The lowest BCUT2D eigenvalue weighted by molar-refractivity contribution is -0.136. The number of hydrogen-bond donors (Lipinski definition) is 3. The maximum atomic E-state index is 14.1. The highest BCUT2D eigenvalue weighted by Crippen LogP contribution is 2.27. The molecule has 0 saturated carbocycles. The molecule has 0 aromatic heterocycles. The van der Waals surface area contributed by atoms with E-state index in [1.807, 2.05) is 106 Å². The van der Waals surface area contributed by atoms with E-state index in [0.717, 1.165) is 11.1 Å². The third-order valence-electron chi connectivity index (χ3n) is 7.03. The van der Waals surface area contributed by atoms with E-state index < -0.39 is 30.1 Å². The molecule has 3 aromatic carbocycles. The molecule has 2 heterocycles. The number of rotatable bonds is 7. The highest BCUT2D eigenvalue weighted by molar-refractivity contribution is 5.94. The summed E-state index contributed by atoms with van der Waals surface area (Å²) in [6, 6.07) is 23.6. The van der Waals surface area contributed by atoms with Gasteiger partial charge in [0, 0.05) is 12.6 Å². The summed E-state index contributed by atoms with van der Waals surface area (Å²) in [5, 5.41) is 8.71. The first kappa shape index (κ1) is 29.6. The van der Waals surface area contributed by atoms with E-state index in [1.54, 1.807) is 24.4 Å². The van der Waals surface area contributed by atoms with E-state index >= 15 is 0 Å². The van der Waals surface area contributed by atoms with E-state index in [9.17, 15) is 14.4 Å². The minimum atomic E-state index is -1.14. The van der Waals surface area contributed by atoms with Crippen LogP contribution in [0.3, 0.4) is 0 Å². The van der Waals surface area contributed by atoms with Crippen LogP contribution in [0.5, 0.6) is 5.75 Å². The zero-order valence-electron chi connectivity index (χ0n) is 23.9. The van der Waals surface area contributed by atoms with Gasteiger partial charge in [-0.3, -0.25) is 19.3 Å². The molecule has 5 rings (SSSR count). The fourth-order valence-electron chi connectivity index (χ4n) is 5.07. The summed E-state index contributed by atoms with van der Waals surface area (Å²) in [5.74, 6) is -0.681. The van der Waals surface area contributed by atoms with E-state index in [1.165, 1.54) is 0 Å². The Bertz CT molecular complexity index is 1330. The largest absolute Gasteiger partial charge is 0.483 e. The van der Waals surface area contributed by atoms with Crippen molar-refractivity contribution < 1.29 is 19.1 Å². The zero-order valence-corrected chi connectivity index (χ0v) is 23.9. The molecule has 3 aromatic rings. The second kappa shape index (κ2) is 13.8. The lowest BCUT2D eigenvalue weighted by atomic mass is 9.97. The fourth-order valence-corrected chi connectivity index (χ4v) is 5.07. The van der Waals surface area contributed by atoms with Gasteiger partial charge < -0.3 is 20.7 Å². The Morgan fingerprint density at radius 1 is 0.902 bits per heavy atom. The summed E-state index contributed by atoms with van der Waals surface area (Å²) in [5.41, 5.74) is 2.46. The normalized spacial score (nSPS) is 20.1. The Morgan fingerprint density at radius 2 is 1.54 bits per heavy atom. The summed E-state index contributed by atoms with van der Waals surface area (Å²) in [4.78, 5) is 43.0. The van der Waals surface area contributed by atoms with E-state index in [0.29, 0.717) is 11.3 Å². The van der Waals surface area contributed by atoms with Gasteiger partial charge in [0.2, 0.25) is 17.7 Å². The molecule has 2 aliphatic rings. The Labute approximate surface area is 241 Å². The summed E-state index contributed by atoms with van der Waals surface area (Å²) < 4.78 is 6.45. The molecule has 0 fully saturated rings. The van der Waals surface area contributed by atoms with Crippen LogP contribution in [0.25, 0.3) is 6.08 Å². The van der Waals surface area contributed by atoms with Gasteiger partial charge in [0.15, 0.2) is 6.10 Å². The lowest BCUT2D eigenvalue weighted by Gasteiger charge is -2.33. The predicted molar refractivity (Wildman–Crippen MR) is 160 cm³/mol. The summed E-state index contributed by atoms with van der Waals surface area (Å²) in [7, 11) is 3.66. The van der Waals surface area contributed by atoms with Crippen molar-refractivity contribution in [3.8, 4) is 5.75 Å². The molecule has 0 aliphatic carbocycles. The molecule has 2 aliphatic heterocycles. The lowest BCUT2D eigenvalue weighted by Crippen LogP contribution is -2.59. The van der Waals surface area contributed by atoms with Crippen LogP contribution in [0, 0.1) is 5.92 Å². The average molecular weight is 555 g/mol. The van der Waals surface area contributed by atoms with Gasteiger partial charge in [-0.25, -0.2) is 0 Å². The SMILES string of the molecule is CC(C)C(C(=O)NC1C(=O)NC(Cc2ccccc2)C(=O)NC=Cc2ccc(cc2)OC1c1ccccc1)N(C)C. The topological polar surface area (TPSA) is 99.8 Å². The molecule has 0 saturated heterocycles. The van der Waals surface area contributed by atoms with Crippen molar-refractivity contribution in [2.75, 3.05) is 14.1 Å². The summed E-state index contributed by atoms with van der Waals surface area (Å²) in [6.07, 6.45) is 2.73. The maximum Gasteiger partial charge on any atom is 0.247 e. The number of nitrogens with one attached hydrogen (secondary N) is 3. The Morgan fingerprint density at radius 3 is 2.15 bits per heavy atom. The zero-order chi connectivity index (χ0) is 29.4. The molecule has 0 radical (unpaired) electrons. The smallest absolute Gasteiger partial charge is 0.247 e. The van der Waals surface area contributed by atoms with Crippen molar-refractivity contribution in [1.29, 1.82) is 0 Å². The molecular formula is C33H38N4O4. The molecule has 8 nitrogen and oxygen atoms in total. The highest BCUT2D eigenvalue weighted by Gasteiger charge is 2.37. The first-order valence-electron chi connectivity index (χ1n) is 13.8. The number of nitrogens with zero attached hydrogens (tertiary/aromatic N) is 1. The van der Waals surface area contributed by atoms with Gasteiger partial charge in [-0.15, -0.1) is 0 Å². The van der Waals surface area contributed by atoms with Crippen molar-refractivity contribution in [2.45, 2.75) is 44.5 Å². The van der Waals surface area contributed by atoms with Gasteiger partial charge in [0.05, 0.1) is 6.04 Å². The highest BCUT2D eigenvalue weighted by atomic mass is 16.5. The number of carbonyl (C=O) groups excluding carboxylic acids is 3. The van der Waals surface area contributed by atoms with Crippen LogP contribution in [0.4, 0.5) is 0 Å². The van der Waals surface area contributed by atoms with Crippen LogP contribution >= 0.6 is 0 Å². The molecule has 4 unspecified atom stereocenters. The van der Waals surface area contributed by atoms with Crippen molar-refractivity contribution >= 4 is 23.8 Å². The van der Waals surface area contributed by atoms with E-state index in [2.05, 4.69) is 16.0 Å². The predicted octanol–water partition coefficient (Wildman–Crippen LogP) is 3.71. The first-order chi connectivity index (χ1) is 19.7. The molecule has 4 atom stereocenters. The molecule has 3 N–H and O–H groups in total. The molecule has 2 bridgehead atoms. The van der Waals surface area contributed by atoms with Crippen LogP contribution < -0.4 is 20.7 Å². The molecule has 8 heteroatoms. The summed E-state index contributed by atoms with van der Waals surface area (Å²) in [6.45, 7) is 3.91. The van der Waals surface area contributed by atoms with Gasteiger partial charge >= 0.3 is 0 Å². The minimum absolute atomic E-state index is 0.0152. The Hall–Kier alpha value is -4.43. The van der Waals surface area contributed by atoms with Gasteiger partial charge in [-0.1, -0.05) is 86.6 Å². The van der Waals surface area contributed by atoms with E-state index in [-0.39, 0.29) is 24.2 Å². The second-order valence-corrected chi connectivity index (χ2v) is 10.7. The monoisotopic (exact) mass is 554 g/mol. The minimum Gasteiger partial charge on any atom is -0.483 e. The first-order valence-corrected chi connectivity index (χ1v) is 13.8. The number of amides is 3. The van der Waals surface area contributed by atoms with Gasteiger partial charge in [-0.2, -0.15) is 0 Å². The second-order valence-electron chi connectivity index (χ2n) is 10.7. The maximum absolute atomic E-state index is 14.1. The number of hydrogen-bond acceptors (Lipinski definition) is 5. The van der Waals surface area contributed by atoms with Crippen LogP contribution in [0.1, 0.15) is 36.6 Å². The molecule has 214 valence electrons. The van der Waals surface area contributed by atoms with Crippen molar-refractivity contribution in [2.24, 2.45) is 5.92 Å². The molecule has 41 heavy (non-hydrogen) atoms. The third kappa shape index (κ3) is 7.83. The molecular weight excluding hydrogens is 516 g/mol. The van der Waals surface area contributed by atoms with Crippen LogP contribution in [-0.4, -0.2) is 54.8 Å². The number of likely N-dealkylation sites (N-methyl/N-ethyl adjacent to an activating group) is 1. The fraction of sp³-hybridized carbons (Fsp3) is 0.303. The van der Waals surface area contributed by atoms with Gasteiger partial charge in [-0.05, 0) is 54.9 Å². The number of carbonyl (C=O) groups is 3. The molecule has 3 amide bonds.